The first kappa shape index (κ1) is 17.3. The quantitative estimate of drug-likeness (QED) is 0.859. The molecule has 0 aliphatic carbocycles. The molecule has 1 aliphatic heterocycles. The lowest BCUT2D eigenvalue weighted by molar-refractivity contribution is -0.0271. The average molecular weight is 342 g/mol. The predicted molar refractivity (Wildman–Crippen MR) is 91.7 cm³/mol. The highest BCUT2D eigenvalue weighted by molar-refractivity contribution is 5.67. The molecule has 1 atom stereocenters. The number of amides is 1. The lowest BCUT2D eigenvalue weighted by Crippen LogP contribution is -2.49. The minimum Gasteiger partial charge on any atom is -0.445 e. The van der Waals surface area contributed by atoms with Crippen LogP contribution in [0.4, 0.5) is 4.79 Å². The maximum atomic E-state index is 12.2. The van der Waals surface area contributed by atoms with Gasteiger partial charge in [-0.3, -0.25) is 9.97 Å². The average Bonchev–Trinajstić information content (AvgIpc) is 2.68. The molecule has 1 saturated heterocycles. The van der Waals surface area contributed by atoms with E-state index in [4.69, 9.17) is 9.47 Å². The molecule has 1 N–H and O–H groups in total. The topological polar surface area (TPSA) is 76.6 Å². The van der Waals surface area contributed by atoms with Crippen LogP contribution in [0.15, 0.2) is 48.9 Å². The molecule has 1 aromatic carbocycles. The summed E-state index contributed by atoms with van der Waals surface area (Å²) in [7, 11) is 0. The smallest absolute Gasteiger partial charge is 0.410 e. The highest BCUT2D eigenvalue weighted by Gasteiger charge is 2.25. The van der Waals surface area contributed by atoms with Gasteiger partial charge < -0.3 is 19.7 Å². The van der Waals surface area contributed by atoms with Gasteiger partial charge in [0.15, 0.2) is 0 Å². The fourth-order valence-corrected chi connectivity index (χ4v) is 2.60. The van der Waals surface area contributed by atoms with E-state index in [2.05, 4.69) is 15.3 Å². The van der Waals surface area contributed by atoms with Crippen molar-refractivity contribution in [1.82, 2.24) is 20.2 Å². The van der Waals surface area contributed by atoms with Crippen LogP contribution in [0.3, 0.4) is 0 Å². The van der Waals surface area contributed by atoms with Crippen LogP contribution in [0, 0.1) is 0 Å². The summed E-state index contributed by atoms with van der Waals surface area (Å²) >= 11 is 0. The second-order valence-electron chi connectivity index (χ2n) is 5.81. The van der Waals surface area contributed by atoms with Gasteiger partial charge in [0.1, 0.15) is 6.61 Å². The summed E-state index contributed by atoms with van der Waals surface area (Å²) in [4.78, 5) is 22.2. The van der Waals surface area contributed by atoms with Crippen LogP contribution in [0.2, 0.25) is 0 Å². The van der Waals surface area contributed by atoms with Crippen molar-refractivity contribution in [2.45, 2.75) is 19.3 Å². The molecule has 2 aromatic rings. The van der Waals surface area contributed by atoms with Crippen molar-refractivity contribution in [2.75, 3.05) is 26.2 Å². The van der Waals surface area contributed by atoms with Gasteiger partial charge in [0.05, 0.1) is 24.9 Å². The molecule has 7 heteroatoms. The zero-order valence-corrected chi connectivity index (χ0v) is 14.0. The number of aromatic nitrogens is 2. The number of hydrogen-bond donors (Lipinski definition) is 1. The van der Waals surface area contributed by atoms with Gasteiger partial charge in [0.25, 0.3) is 0 Å². The maximum Gasteiger partial charge on any atom is 0.410 e. The molecule has 0 radical (unpaired) electrons. The molecule has 1 aliphatic rings. The third-order valence-corrected chi connectivity index (χ3v) is 3.90. The van der Waals surface area contributed by atoms with E-state index in [9.17, 15) is 4.79 Å². The van der Waals surface area contributed by atoms with Gasteiger partial charge in [0, 0.05) is 38.2 Å². The van der Waals surface area contributed by atoms with Gasteiger partial charge in [-0.1, -0.05) is 30.3 Å². The summed E-state index contributed by atoms with van der Waals surface area (Å²) in [5, 5.41) is 3.28. The first-order valence-corrected chi connectivity index (χ1v) is 8.34. The molecule has 0 bridgehead atoms. The summed E-state index contributed by atoms with van der Waals surface area (Å²) in [5.74, 6) is 0. The molecule has 1 amide bonds. The van der Waals surface area contributed by atoms with Gasteiger partial charge >= 0.3 is 6.09 Å². The Labute approximate surface area is 147 Å². The maximum absolute atomic E-state index is 12.2. The van der Waals surface area contributed by atoms with Crippen LogP contribution < -0.4 is 5.32 Å². The van der Waals surface area contributed by atoms with Gasteiger partial charge in [-0.05, 0) is 5.56 Å². The van der Waals surface area contributed by atoms with Crippen molar-refractivity contribution in [3.05, 3.63) is 60.2 Å². The molecule has 3 rings (SSSR count). The van der Waals surface area contributed by atoms with Crippen LogP contribution in [-0.4, -0.2) is 53.3 Å². The van der Waals surface area contributed by atoms with E-state index in [1.807, 2.05) is 30.3 Å². The predicted octanol–water partition coefficient (Wildman–Crippen LogP) is 1.60. The Balaban J connectivity index is 1.40. The largest absolute Gasteiger partial charge is 0.445 e. The zero-order valence-electron chi connectivity index (χ0n) is 14.0. The Hall–Kier alpha value is -2.51. The van der Waals surface area contributed by atoms with Crippen molar-refractivity contribution in [3.8, 4) is 0 Å². The highest BCUT2D eigenvalue weighted by Crippen LogP contribution is 2.09. The fraction of sp³-hybridized carbons (Fsp3) is 0.389. The molecule has 2 heterocycles. The van der Waals surface area contributed by atoms with Crippen molar-refractivity contribution < 1.29 is 14.3 Å². The number of nitrogens with one attached hydrogen (secondary N) is 1. The van der Waals surface area contributed by atoms with Gasteiger partial charge in [-0.2, -0.15) is 0 Å². The van der Waals surface area contributed by atoms with E-state index in [1.54, 1.807) is 23.5 Å². The first-order chi connectivity index (χ1) is 12.3. The molecule has 1 aromatic heterocycles. The van der Waals surface area contributed by atoms with Gasteiger partial charge in [-0.25, -0.2) is 4.79 Å². The number of nitrogens with zero attached hydrogens (tertiary/aromatic N) is 3. The van der Waals surface area contributed by atoms with E-state index >= 15 is 0 Å². The number of carbonyl (C=O) groups is 1. The molecule has 0 saturated carbocycles. The van der Waals surface area contributed by atoms with E-state index in [0.717, 1.165) is 11.3 Å². The minimum atomic E-state index is -0.300. The molecular weight excluding hydrogens is 320 g/mol. The Morgan fingerprint density at radius 1 is 1.32 bits per heavy atom. The Bertz CT molecular complexity index is 654. The number of ether oxygens (including phenoxy) is 2. The van der Waals surface area contributed by atoms with Crippen LogP contribution in [-0.2, 0) is 22.6 Å². The van der Waals surface area contributed by atoms with Crippen molar-refractivity contribution >= 4 is 6.09 Å². The molecule has 25 heavy (non-hydrogen) atoms. The lowest BCUT2D eigenvalue weighted by Gasteiger charge is -2.32. The summed E-state index contributed by atoms with van der Waals surface area (Å²) < 4.78 is 11.1. The summed E-state index contributed by atoms with van der Waals surface area (Å²) in [6.07, 6.45) is 4.67. The van der Waals surface area contributed by atoms with Crippen molar-refractivity contribution in [2.24, 2.45) is 0 Å². The number of morpholine rings is 1. The van der Waals surface area contributed by atoms with Crippen LogP contribution in [0.5, 0.6) is 0 Å². The van der Waals surface area contributed by atoms with E-state index in [1.165, 1.54) is 0 Å². The monoisotopic (exact) mass is 342 g/mol. The normalized spacial score (nSPS) is 17.3. The van der Waals surface area contributed by atoms with E-state index in [-0.39, 0.29) is 18.8 Å². The Kier molecular flexibility index (Phi) is 6.30. The van der Waals surface area contributed by atoms with E-state index in [0.29, 0.717) is 32.8 Å². The summed E-state index contributed by atoms with van der Waals surface area (Å²) in [6.45, 7) is 3.12. The second kappa shape index (κ2) is 9.10. The van der Waals surface area contributed by atoms with Crippen LogP contribution in [0.25, 0.3) is 0 Å². The number of hydrogen-bond acceptors (Lipinski definition) is 6. The molecule has 7 nitrogen and oxygen atoms in total. The molecule has 0 spiro atoms. The first-order valence-electron chi connectivity index (χ1n) is 8.34. The summed E-state index contributed by atoms with van der Waals surface area (Å²) in [6, 6.07) is 9.66. The highest BCUT2D eigenvalue weighted by atomic mass is 16.6. The third kappa shape index (κ3) is 5.51. The second-order valence-corrected chi connectivity index (χ2v) is 5.81. The Morgan fingerprint density at radius 2 is 2.20 bits per heavy atom. The SMILES string of the molecule is O=C(OCc1ccccc1)N1CCOC(CNCc2cnccn2)C1. The molecule has 1 fully saturated rings. The third-order valence-electron chi connectivity index (χ3n) is 3.90. The van der Waals surface area contributed by atoms with E-state index < -0.39 is 0 Å². The number of carbonyl (C=O) groups excluding carboxylic acids is 1. The zero-order chi connectivity index (χ0) is 17.3. The molecule has 1 unspecified atom stereocenters. The number of benzene rings is 1. The minimum absolute atomic E-state index is 0.0605. The lowest BCUT2D eigenvalue weighted by atomic mass is 10.2. The van der Waals surface area contributed by atoms with Gasteiger partial charge in [0.2, 0.25) is 0 Å². The van der Waals surface area contributed by atoms with Crippen molar-refractivity contribution in [3.63, 3.8) is 0 Å². The molecule has 132 valence electrons. The van der Waals surface area contributed by atoms with Gasteiger partial charge in [-0.15, -0.1) is 0 Å². The molecular formula is C18H22N4O3. The van der Waals surface area contributed by atoms with Crippen LogP contribution >= 0.6 is 0 Å². The van der Waals surface area contributed by atoms with Crippen LogP contribution in [0.1, 0.15) is 11.3 Å². The fourth-order valence-electron chi connectivity index (χ4n) is 2.60. The summed E-state index contributed by atoms with van der Waals surface area (Å²) in [5.41, 5.74) is 1.85. The Morgan fingerprint density at radius 3 is 3.00 bits per heavy atom. The number of rotatable bonds is 6. The van der Waals surface area contributed by atoms with Crippen molar-refractivity contribution in [1.29, 1.82) is 0 Å². The standard InChI is InChI=1S/C18H22N4O3/c23-18(25-14-15-4-2-1-3-5-15)22-8-9-24-17(13-22)12-20-11-16-10-19-6-7-21-16/h1-7,10,17,20H,8-9,11-14H2.